The Balaban J connectivity index is 2.20. The lowest BCUT2D eigenvalue weighted by Crippen LogP contribution is -2.45. The van der Waals surface area contributed by atoms with Crippen molar-refractivity contribution in [1.82, 2.24) is 4.90 Å². The minimum absolute atomic E-state index is 0.0194. The molecule has 1 unspecified atom stereocenters. The molecule has 1 saturated heterocycles. The summed E-state index contributed by atoms with van der Waals surface area (Å²) in [7, 11) is 1.42. The lowest BCUT2D eigenvalue weighted by Gasteiger charge is -2.33. The molecule has 1 aliphatic rings. The zero-order chi connectivity index (χ0) is 15.6. The third-order valence-electron chi connectivity index (χ3n) is 4.00. The molecule has 116 valence electrons. The Hall–Kier alpha value is -1.66. The van der Waals surface area contributed by atoms with E-state index in [4.69, 9.17) is 4.74 Å². The molecule has 0 radical (unpaired) electrons. The lowest BCUT2D eigenvalue weighted by atomic mass is 9.96. The van der Waals surface area contributed by atoms with Crippen molar-refractivity contribution >= 4 is 5.69 Å². The van der Waals surface area contributed by atoms with Gasteiger partial charge < -0.3 is 9.84 Å². The van der Waals surface area contributed by atoms with E-state index in [1.165, 1.54) is 7.11 Å². The summed E-state index contributed by atoms with van der Waals surface area (Å²) in [5.41, 5.74) is 0.0715. The highest BCUT2D eigenvalue weighted by Crippen LogP contribution is 2.31. The van der Waals surface area contributed by atoms with Crippen LogP contribution in [0.2, 0.25) is 0 Å². The molecule has 2 rings (SSSR count). The second kappa shape index (κ2) is 5.99. The molecule has 1 N–H and O–H groups in total. The normalized spacial score (nSPS) is 19.7. The molecule has 0 spiro atoms. The molecular formula is C15H22N2O4. The summed E-state index contributed by atoms with van der Waals surface area (Å²) < 4.78 is 5.01. The third-order valence-corrected chi connectivity index (χ3v) is 4.00. The molecule has 1 aliphatic heterocycles. The molecule has 21 heavy (non-hydrogen) atoms. The van der Waals surface area contributed by atoms with Gasteiger partial charge >= 0.3 is 5.69 Å². The molecule has 0 saturated carbocycles. The Morgan fingerprint density at radius 1 is 1.52 bits per heavy atom. The topological polar surface area (TPSA) is 75.8 Å². The van der Waals surface area contributed by atoms with Gasteiger partial charge in [-0.15, -0.1) is 0 Å². The van der Waals surface area contributed by atoms with Crippen molar-refractivity contribution in [2.45, 2.75) is 44.9 Å². The second-order valence-corrected chi connectivity index (χ2v) is 6.05. The summed E-state index contributed by atoms with van der Waals surface area (Å²) in [5, 5.41) is 21.3. The van der Waals surface area contributed by atoms with Gasteiger partial charge in [-0.2, -0.15) is 0 Å². The van der Waals surface area contributed by atoms with Gasteiger partial charge in [-0.05, 0) is 44.9 Å². The molecule has 0 aromatic heterocycles. The first kappa shape index (κ1) is 15.7. The van der Waals surface area contributed by atoms with Gasteiger partial charge in [0, 0.05) is 18.7 Å². The maximum absolute atomic E-state index is 11.1. The second-order valence-electron chi connectivity index (χ2n) is 6.05. The molecule has 6 heteroatoms. The number of likely N-dealkylation sites (tertiary alicyclic amines) is 1. The van der Waals surface area contributed by atoms with Crippen molar-refractivity contribution in [2.75, 3.05) is 13.7 Å². The Bertz CT molecular complexity index is 525. The van der Waals surface area contributed by atoms with E-state index in [0.29, 0.717) is 6.54 Å². The van der Waals surface area contributed by atoms with Gasteiger partial charge in [-0.1, -0.05) is 6.07 Å². The fraction of sp³-hybridized carbons (Fsp3) is 0.600. The maximum atomic E-state index is 11.1. The highest BCUT2D eigenvalue weighted by molar-refractivity contribution is 5.48. The Morgan fingerprint density at radius 3 is 2.81 bits per heavy atom. The zero-order valence-corrected chi connectivity index (χ0v) is 12.7. The molecule has 0 amide bonds. The summed E-state index contributed by atoms with van der Waals surface area (Å²) in [4.78, 5) is 12.8. The first-order chi connectivity index (χ1) is 9.82. The van der Waals surface area contributed by atoms with Crippen molar-refractivity contribution in [2.24, 2.45) is 0 Å². The molecule has 0 bridgehead atoms. The summed E-state index contributed by atoms with van der Waals surface area (Å²) in [5.74, 6) is 0.268. The minimum atomic E-state index is -0.769. The van der Waals surface area contributed by atoms with E-state index in [0.717, 1.165) is 24.9 Å². The van der Waals surface area contributed by atoms with Gasteiger partial charge in [0.2, 0.25) is 0 Å². The molecule has 1 fully saturated rings. The lowest BCUT2D eigenvalue weighted by molar-refractivity contribution is -0.385. The van der Waals surface area contributed by atoms with Gasteiger partial charge in [0.1, 0.15) is 0 Å². The predicted molar refractivity (Wildman–Crippen MR) is 79.4 cm³/mol. The van der Waals surface area contributed by atoms with E-state index in [-0.39, 0.29) is 17.5 Å². The van der Waals surface area contributed by atoms with Crippen LogP contribution in [0.5, 0.6) is 5.75 Å². The van der Waals surface area contributed by atoms with Gasteiger partial charge in [-0.3, -0.25) is 15.0 Å². The largest absolute Gasteiger partial charge is 0.490 e. The van der Waals surface area contributed by atoms with E-state index in [1.54, 1.807) is 12.1 Å². The molecule has 1 atom stereocenters. The Kier molecular flexibility index (Phi) is 4.49. The molecular weight excluding hydrogens is 272 g/mol. The van der Waals surface area contributed by atoms with E-state index in [1.807, 2.05) is 19.9 Å². The van der Waals surface area contributed by atoms with Gasteiger partial charge in [0.05, 0.1) is 17.6 Å². The molecule has 0 aliphatic carbocycles. The van der Waals surface area contributed by atoms with E-state index < -0.39 is 10.5 Å². The van der Waals surface area contributed by atoms with E-state index in [2.05, 4.69) is 4.90 Å². The fourth-order valence-corrected chi connectivity index (χ4v) is 3.03. The number of rotatable bonds is 5. The number of benzene rings is 1. The molecule has 1 aromatic rings. The van der Waals surface area contributed by atoms with E-state index in [9.17, 15) is 15.2 Å². The van der Waals surface area contributed by atoms with Crippen LogP contribution < -0.4 is 4.74 Å². The van der Waals surface area contributed by atoms with Crippen molar-refractivity contribution in [3.8, 4) is 5.75 Å². The zero-order valence-electron chi connectivity index (χ0n) is 12.7. The number of hydrogen-bond acceptors (Lipinski definition) is 5. The number of hydrogen-bond donors (Lipinski definition) is 1. The van der Waals surface area contributed by atoms with Crippen molar-refractivity contribution in [3.63, 3.8) is 0 Å². The van der Waals surface area contributed by atoms with Crippen LogP contribution in [0.15, 0.2) is 18.2 Å². The van der Waals surface area contributed by atoms with Crippen molar-refractivity contribution in [1.29, 1.82) is 0 Å². The summed E-state index contributed by atoms with van der Waals surface area (Å²) in [6.45, 7) is 5.12. The minimum Gasteiger partial charge on any atom is -0.490 e. The van der Waals surface area contributed by atoms with Crippen molar-refractivity contribution < 1.29 is 14.8 Å². The third kappa shape index (κ3) is 3.51. The number of nitro groups is 1. The fourth-order valence-electron chi connectivity index (χ4n) is 3.03. The predicted octanol–water partition coefficient (Wildman–Crippen LogP) is 2.34. The van der Waals surface area contributed by atoms with Gasteiger partial charge in [0.15, 0.2) is 5.75 Å². The van der Waals surface area contributed by atoms with Gasteiger partial charge in [0.25, 0.3) is 0 Å². The smallest absolute Gasteiger partial charge is 0.311 e. The quantitative estimate of drug-likeness (QED) is 0.666. The number of nitro benzene ring substituents is 1. The molecule has 6 nitrogen and oxygen atoms in total. The standard InChI is InChI=1S/C15H22N2O4/c1-15(2,18)14-5-4-8-16(14)10-11-6-7-13(21-3)12(9-11)17(19)20/h6-7,9,14,18H,4-5,8,10H2,1-3H3. The number of methoxy groups -OCH3 is 1. The van der Waals surface area contributed by atoms with E-state index >= 15 is 0 Å². The van der Waals surface area contributed by atoms with Crippen LogP contribution >= 0.6 is 0 Å². The van der Waals surface area contributed by atoms with Crippen molar-refractivity contribution in [3.05, 3.63) is 33.9 Å². The summed E-state index contributed by atoms with van der Waals surface area (Å²) in [6.07, 6.45) is 1.98. The average Bonchev–Trinajstić information content (AvgIpc) is 2.86. The van der Waals surface area contributed by atoms with Crippen LogP contribution in [-0.2, 0) is 6.54 Å². The Labute approximate surface area is 124 Å². The average molecular weight is 294 g/mol. The maximum Gasteiger partial charge on any atom is 0.311 e. The highest BCUT2D eigenvalue weighted by Gasteiger charge is 2.35. The first-order valence-electron chi connectivity index (χ1n) is 7.10. The van der Waals surface area contributed by atoms with Crippen LogP contribution in [-0.4, -0.2) is 40.2 Å². The van der Waals surface area contributed by atoms with Crippen LogP contribution in [0.1, 0.15) is 32.3 Å². The van der Waals surface area contributed by atoms with Crippen LogP contribution in [0.25, 0.3) is 0 Å². The number of ether oxygens (including phenoxy) is 1. The number of nitrogens with zero attached hydrogens (tertiary/aromatic N) is 2. The van der Waals surface area contributed by atoms with Crippen LogP contribution in [0.4, 0.5) is 5.69 Å². The summed E-state index contributed by atoms with van der Waals surface area (Å²) >= 11 is 0. The number of aliphatic hydroxyl groups is 1. The monoisotopic (exact) mass is 294 g/mol. The first-order valence-corrected chi connectivity index (χ1v) is 7.10. The SMILES string of the molecule is COc1ccc(CN2CCCC2C(C)(C)O)cc1[N+](=O)[O-]. The molecule has 1 heterocycles. The van der Waals surface area contributed by atoms with Gasteiger partial charge in [-0.25, -0.2) is 0 Å². The Morgan fingerprint density at radius 2 is 2.24 bits per heavy atom. The van der Waals surface area contributed by atoms with Crippen LogP contribution in [0.3, 0.4) is 0 Å². The molecule has 1 aromatic carbocycles. The summed E-state index contributed by atoms with van der Waals surface area (Å²) in [6, 6.07) is 5.10. The van der Waals surface area contributed by atoms with Crippen LogP contribution in [0, 0.1) is 10.1 Å². The highest BCUT2D eigenvalue weighted by atomic mass is 16.6.